The first kappa shape index (κ1) is 18.6. The van der Waals surface area contributed by atoms with Crippen LogP contribution in [0.15, 0.2) is 58.4 Å². The summed E-state index contributed by atoms with van der Waals surface area (Å²) in [7, 11) is 0. The van der Waals surface area contributed by atoms with Crippen molar-refractivity contribution in [2.45, 2.75) is 24.9 Å². The standard InChI is InChI=1S/C18H18ClN3O3S/c19-14-5-3-13(4-6-14)10-22-15(11-23)8-21-18(22)26-12-17(24)20-9-16-2-1-7-25-16/h1-8,23H,9-12H2,(H,20,24). The summed E-state index contributed by atoms with van der Waals surface area (Å²) in [6, 6.07) is 11.1. The maximum atomic E-state index is 12.0. The summed E-state index contributed by atoms with van der Waals surface area (Å²) in [5.74, 6) is 0.816. The largest absolute Gasteiger partial charge is 0.467 e. The third-order valence-corrected chi connectivity index (χ3v) is 4.93. The molecule has 3 rings (SSSR count). The Morgan fingerprint density at radius 3 is 2.81 bits per heavy atom. The normalized spacial score (nSPS) is 10.8. The highest BCUT2D eigenvalue weighted by Gasteiger charge is 2.13. The summed E-state index contributed by atoms with van der Waals surface area (Å²) in [6.45, 7) is 0.781. The van der Waals surface area contributed by atoms with Gasteiger partial charge in [0.2, 0.25) is 5.91 Å². The third-order valence-electron chi connectivity index (χ3n) is 3.69. The summed E-state index contributed by atoms with van der Waals surface area (Å²) in [5, 5.41) is 13.7. The minimum Gasteiger partial charge on any atom is -0.467 e. The monoisotopic (exact) mass is 391 g/mol. The molecule has 8 heteroatoms. The van der Waals surface area contributed by atoms with Crippen molar-refractivity contribution in [3.63, 3.8) is 0 Å². The lowest BCUT2D eigenvalue weighted by molar-refractivity contribution is -0.118. The summed E-state index contributed by atoms with van der Waals surface area (Å²) in [5.41, 5.74) is 1.73. The quantitative estimate of drug-likeness (QED) is 0.577. The van der Waals surface area contributed by atoms with Crippen LogP contribution in [0.25, 0.3) is 0 Å². The molecule has 0 radical (unpaired) electrons. The van der Waals surface area contributed by atoms with E-state index in [1.165, 1.54) is 11.8 Å². The molecule has 2 aromatic heterocycles. The van der Waals surface area contributed by atoms with Crippen LogP contribution in [0.2, 0.25) is 5.02 Å². The van der Waals surface area contributed by atoms with Gasteiger partial charge < -0.3 is 19.4 Å². The Bertz CT molecular complexity index is 847. The van der Waals surface area contributed by atoms with Gasteiger partial charge in [-0.25, -0.2) is 4.98 Å². The van der Waals surface area contributed by atoms with Crippen LogP contribution < -0.4 is 5.32 Å². The maximum absolute atomic E-state index is 12.0. The molecule has 2 N–H and O–H groups in total. The first-order chi connectivity index (χ1) is 12.7. The van der Waals surface area contributed by atoms with Crippen molar-refractivity contribution in [3.8, 4) is 0 Å². The number of imidazole rings is 1. The van der Waals surface area contributed by atoms with Gasteiger partial charge in [0.25, 0.3) is 0 Å². The number of hydrogen-bond donors (Lipinski definition) is 2. The molecular weight excluding hydrogens is 374 g/mol. The average molecular weight is 392 g/mol. The van der Waals surface area contributed by atoms with Crippen molar-refractivity contribution < 1.29 is 14.3 Å². The number of carbonyl (C=O) groups is 1. The second-order valence-corrected chi connectivity index (χ2v) is 6.93. The molecular formula is C18H18ClN3O3S. The Kier molecular flexibility index (Phi) is 6.38. The zero-order valence-corrected chi connectivity index (χ0v) is 15.5. The molecule has 2 heterocycles. The van der Waals surface area contributed by atoms with Crippen molar-refractivity contribution in [2.75, 3.05) is 5.75 Å². The number of thioether (sulfide) groups is 1. The summed E-state index contributed by atoms with van der Waals surface area (Å²) in [6.07, 6.45) is 3.19. The SMILES string of the molecule is O=C(CSc1ncc(CO)n1Cc1ccc(Cl)cc1)NCc1ccco1. The van der Waals surface area contributed by atoms with Crippen molar-refractivity contribution in [1.29, 1.82) is 0 Å². The number of rotatable bonds is 8. The molecule has 0 unspecified atom stereocenters. The number of amides is 1. The lowest BCUT2D eigenvalue weighted by Gasteiger charge is -2.11. The number of hydrogen-bond acceptors (Lipinski definition) is 5. The molecule has 0 aliphatic heterocycles. The second kappa shape index (κ2) is 8.93. The number of furan rings is 1. The molecule has 0 bridgehead atoms. The Balaban J connectivity index is 1.61. The van der Waals surface area contributed by atoms with E-state index < -0.39 is 0 Å². The van der Waals surface area contributed by atoms with Gasteiger partial charge in [-0.15, -0.1) is 0 Å². The highest BCUT2D eigenvalue weighted by Crippen LogP contribution is 2.21. The number of halogens is 1. The predicted octanol–water partition coefficient (Wildman–Crippen LogP) is 3.08. The fraction of sp³-hybridized carbons (Fsp3) is 0.222. The number of nitrogens with zero attached hydrogens (tertiary/aromatic N) is 2. The summed E-state index contributed by atoms with van der Waals surface area (Å²) in [4.78, 5) is 16.3. The fourth-order valence-corrected chi connectivity index (χ4v) is 3.31. The van der Waals surface area contributed by atoms with Crippen molar-refractivity contribution >= 4 is 29.3 Å². The zero-order chi connectivity index (χ0) is 18.4. The minimum absolute atomic E-state index is 0.113. The van der Waals surface area contributed by atoms with E-state index in [2.05, 4.69) is 10.3 Å². The predicted molar refractivity (Wildman–Crippen MR) is 100.0 cm³/mol. The van der Waals surface area contributed by atoms with Gasteiger partial charge in [0.05, 0.1) is 37.1 Å². The van der Waals surface area contributed by atoms with Crippen LogP contribution in [0.3, 0.4) is 0 Å². The van der Waals surface area contributed by atoms with E-state index in [4.69, 9.17) is 16.0 Å². The highest BCUT2D eigenvalue weighted by atomic mass is 35.5. The molecule has 1 amide bonds. The number of nitrogens with one attached hydrogen (secondary N) is 1. The number of aliphatic hydroxyl groups excluding tert-OH is 1. The van der Waals surface area contributed by atoms with Gasteiger partial charge in [-0.3, -0.25) is 4.79 Å². The van der Waals surface area contributed by atoms with Crippen molar-refractivity contribution in [3.05, 3.63) is 70.9 Å². The first-order valence-corrected chi connectivity index (χ1v) is 9.33. The number of carbonyl (C=O) groups excluding carboxylic acids is 1. The van der Waals surface area contributed by atoms with E-state index in [0.717, 1.165) is 5.56 Å². The van der Waals surface area contributed by atoms with E-state index in [0.29, 0.717) is 34.7 Å². The van der Waals surface area contributed by atoms with Crippen LogP contribution >= 0.6 is 23.4 Å². The molecule has 0 saturated carbocycles. The molecule has 0 saturated heterocycles. The van der Waals surface area contributed by atoms with Gasteiger partial charge in [0.1, 0.15) is 5.76 Å². The summed E-state index contributed by atoms with van der Waals surface area (Å²) >= 11 is 7.24. The van der Waals surface area contributed by atoms with Crippen molar-refractivity contribution in [2.24, 2.45) is 0 Å². The molecule has 1 aromatic carbocycles. The molecule has 0 aliphatic rings. The molecule has 3 aromatic rings. The smallest absolute Gasteiger partial charge is 0.230 e. The van der Waals surface area contributed by atoms with Gasteiger partial charge in [-0.1, -0.05) is 35.5 Å². The van der Waals surface area contributed by atoms with Gasteiger partial charge >= 0.3 is 0 Å². The zero-order valence-electron chi connectivity index (χ0n) is 13.9. The average Bonchev–Trinajstić information content (AvgIpc) is 3.30. The fourth-order valence-electron chi connectivity index (χ4n) is 2.35. The topological polar surface area (TPSA) is 80.3 Å². The van der Waals surface area contributed by atoms with E-state index >= 15 is 0 Å². The van der Waals surface area contributed by atoms with Crippen LogP contribution in [0, 0.1) is 0 Å². The highest BCUT2D eigenvalue weighted by molar-refractivity contribution is 7.99. The third kappa shape index (κ3) is 4.91. The van der Waals surface area contributed by atoms with Crippen LogP contribution in [-0.4, -0.2) is 26.3 Å². The Hall–Kier alpha value is -2.22. The Labute approximate surface area is 160 Å². The molecule has 6 nitrogen and oxygen atoms in total. The molecule has 0 atom stereocenters. The van der Waals surface area contributed by atoms with E-state index in [1.807, 2.05) is 28.8 Å². The Morgan fingerprint density at radius 2 is 2.12 bits per heavy atom. The molecule has 26 heavy (non-hydrogen) atoms. The van der Waals surface area contributed by atoms with Gasteiger partial charge in [-0.2, -0.15) is 0 Å². The summed E-state index contributed by atoms with van der Waals surface area (Å²) < 4.78 is 7.08. The Morgan fingerprint density at radius 1 is 1.31 bits per heavy atom. The van der Waals surface area contributed by atoms with Crippen molar-refractivity contribution in [1.82, 2.24) is 14.9 Å². The van der Waals surface area contributed by atoms with E-state index in [1.54, 1.807) is 24.6 Å². The van der Waals surface area contributed by atoms with Gasteiger partial charge in [0.15, 0.2) is 5.16 Å². The lowest BCUT2D eigenvalue weighted by atomic mass is 10.2. The van der Waals surface area contributed by atoms with E-state index in [9.17, 15) is 9.90 Å². The molecule has 0 aliphatic carbocycles. The molecule has 136 valence electrons. The first-order valence-electron chi connectivity index (χ1n) is 7.97. The van der Waals surface area contributed by atoms with E-state index in [-0.39, 0.29) is 18.3 Å². The lowest BCUT2D eigenvalue weighted by Crippen LogP contribution is -2.24. The second-order valence-electron chi connectivity index (χ2n) is 5.55. The minimum atomic E-state index is -0.119. The number of aromatic nitrogens is 2. The maximum Gasteiger partial charge on any atom is 0.230 e. The number of benzene rings is 1. The van der Waals surface area contributed by atoms with Crippen LogP contribution in [0.5, 0.6) is 0 Å². The number of aliphatic hydroxyl groups is 1. The molecule has 0 fully saturated rings. The van der Waals surface area contributed by atoms with Gasteiger partial charge in [0, 0.05) is 11.6 Å². The van der Waals surface area contributed by atoms with Crippen LogP contribution in [0.1, 0.15) is 17.0 Å². The van der Waals surface area contributed by atoms with Gasteiger partial charge in [-0.05, 0) is 29.8 Å². The van der Waals surface area contributed by atoms with Crippen LogP contribution in [-0.2, 0) is 24.5 Å². The molecule has 0 spiro atoms. The van der Waals surface area contributed by atoms with Crippen LogP contribution in [0.4, 0.5) is 0 Å².